The van der Waals surface area contributed by atoms with Gasteiger partial charge in [0, 0.05) is 5.02 Å². The van der Waals surface area contributed by atoms with E-state index in [0.717, 1.165) is 27.3 Å². The van der Waals surface area contributed by atoms with Gasteiger partial charge in [0.15, 0.2) is 0 Å². The zero-order valence-electron chi connectivity index (χ0n) is 11.9. The van der Waals surface area contributed by atoms with Crippen LogP contribution >= 0.6 is 11.6 Å². The zero-order chi connectivity index (χ0) is 14.5. The van der Waals surface area contributed by atoms with Crippen molar-refractivity contribution in [2.75, 3.05) is 5.73 Å². The standard InChI is InChI=1S/C12H16B3ClN2O/c1-12(2,19)11-9(17)8(15)6-7(14)5(16)3-4(13)10(6)18-11/h3,19H,13-15,17H2,1-2H3. The average Bonchev–Trinajstić information content (AvgIpc) is 2.28. The average molecular weight is 272 g/mol. The highest BCUT2D eigenvalue weighted by Gasteiger charge is 2.24. The molecule has 0 unspecified atom stereocenters. The number of nitrogen functional groups attached to an aromatic ring is 1. The van der Waals surface area contributed by atoms with E-state index >= 15 is 0 Å². The van der Waals surface area contributed by atoms with Crippen molar-refractivity contribution in [2.45, 2.75) is 19.4 Å². The third-order valence-corrected chi connectivity index (χ3v) is 3.92. The van der Waals surface area contributed by atoms with Gasteiger partial charge in [0.2, 0.25) is 0 Å². The van der Waals surface area contributed by atoms with Gasteiger partial charge in [0.25, 0.3) is 0 Å². The Balaban J connectivity index is 3.01. The third kappa shape index (κ3) is 2.23. The molecule has 96 valence electrons. The van der Waals surface area contributed by atoms with Gasteiger partial charge in [0.05, 0.1) is 16.9 Å². The highest BCUT2D eigenvalue weighted by Crippen LogP contribution is 2.24. The molecule has 3 nitrogen and oxygen atoms in total. The minimum atomic E-state index is -1.07. The first-order chi connectivity index (χ1) is 8.64. The molecule has 0 saturated heterocycles. The van der Waals surface area contributed by atoms with Crippen LogP contribution in [0.1, 0.15) is 19.5 Å². The summed E-state index contributed by atoms with van der Waals surface area (Å²) in [5.41, 5.74) is 9.85. The predicted molar refractivity (Wildman–Crippen MR) is 90.9 cm³/mol. The van der Waals surface area contributed by atoms with Crippen molar-refractivity contribution in [1.29, 1.82) is 0 Å². The molecule has 2 aromatic rings. The van der Waals surface area contributed by atoms with Gasteiger partial charge in [-0.25, -0.2) is 4.98 Å². The Kier molecular flexibility index (Phi) is 3.35. The molecule has 0 atom stereocenters. The number of hydrogen-bond donors (Lipinski definition) is 2. The fourth-order valence-corrected chi connectivity index (χ4v) is 2.67. The van der Waals surface area contributed by atoms with Crippen molar-refractivity contribution < 1.29 is 5.11 Å². The van der Waals surface area contributed by atoms with E-state index < -0.39 is 5.60 Å². The van der Waals surface area contributed by atoms with Crippen molar-refractivity contribution >= 4 is 68.1 Å². The molecule has 1 aromatic carbocycles. The number of hydrogen-bond acceptors (Lipinski definition) is 3. The van der Waals surface area contributed by atoms with Crippen LogP contribution in [0.15, 0.2) is 6.07 Å². The van der Waals surface area contributed by atoms with Crippen LogP contribution in [0.4, 0.5) is 5.69 Å². The highest BCUT2D eigenvalue weighted by atomic mass is 35.5. The lowest BCUT2D eigenvalue weighted by Crippen LogP contribution is -2.30. The SMILES string of the molecule is Bc1cc(Cl)c(B)c2c(B)c(N)c(C(C)(C)O)nc12. The molecule has 0 aliphatic carbocycles. The summed E-state index contributed by atoms with van der Waals surface area (Å²) >= 11 is 6.23. The number of halogens is 1. The van der Waals surface area contributed by atoms with Crippen LogP contribution in [0.5, 0.6) is 0 Å². The summed E-state index contributed by atoms with van der Waals surface area (Å²) in [6, 6.07) is 1.90. The maximum atomic E-state index is 10.2. The lowest BCUT2D eigenvalue weighted by Gasteiger charge is -2.23. The fraction of sp³-hybridized carbons (Fsp3) is 0.250. The van der Waals surface area contributed by atoms with Gasteiger partial charge in [-0.2, -0.15) is 0 Å². The number of rotatable bonds is 1. The van der Waals surface area contributed by atoms with Gasteiger partial charge in [-0.15, -0.1) is 0 Å². The second-order valence-corrected chi connectivity index (χ2v) is 5.99. The molecule has 1 heterocycles. The molecule has 0 radical (unpaired) electrons. The van der Waals surface area contributed by atoms with Crippen LogP contribution in [0.2, 0.25) is 5.02 Å². The Hall–Kier alpha value is -1.13. The molecule has 0 aliphatic rings. The largest absolute Gasteiger partial charge is 0.398 e. The fourth-order valence-electron chi connectivity index (χ4n) is 2.41. The smallest absolute Gasteiger partial charge is 0.142 e. The number of benzene rings is 1. The van der Waals surface area contributed by atoms with E-state index in [1.807, 2.05) is 29.6 Å². The molecule has 3 N–H and O–H groups in total. The molecule has 1 aromatic heterocycles. The summed E-state index contributed by atoms with van der Waals surface area (Å²) in [4.78, 5) is 4.57. The van der Waals surface area contributed by atoms with Crippen LogP contribution in [-0.4, -0.2) is 33.6 Å². The van der Waals surface area contributed by atoms with Crippen LogP contribution in [0.25, 0.3) is 10.9 Å². The van der Waals surface area contributed by atoms with E-state index in [4.69, 9.17) is 17.3 Å². The van der Waals surface area contributed by atoms with Gasteiger partial charge < -0.3 is 10.8 Å². The van der Waals surface area contributed by atoms with E-state index in [2.05, 4.69) is 4.98 Å². The molecule has 0 amide bonds. The monoisotopic (exact) mass is 272 g/mol. The summed E-state index contributed by atoms with van der Waals surface area (Å²) in [7, 11) is 5.86. The van der Waals surface area contributed by atoms with Gasteiger partial charge in [-0.1, -0.05) is 28.0 Å². The normalized spacial score (nSPS) is 12.0. The summed E-state index contributed by atoms with van der Waals surface area (Å²) in [5, 5.41) is 11.9. The number of fused-ring (bicyclic) bond motifs is 1. The third-order valence-electron chi connectivity index (χ3n) is 3.52. The maximum absolute atomic E-state index is 10.2. The summed E-state index contributed by atoms with van der Waals surface area (Å²) in [6.07, 6.45) is 0. The van der Waals surface area contributed by atoms with Crippen molar-refractivity contribution in [3.05, 3.63) is 16.8 Å². The first-order valence-corrected chi connectivity index (χ1v) is 6.60. The first-order valence-electron chi connectivity index (χ1n) is 6.23. The van der Waals surface area contributed by atoms with Crippen LogP contribution in [0, 0.1) is 0 Å². The number of anilines is 1. The first kappa shape index (κ1) is 14.3. The number of aliphatic hydroxyl groups is 1. The summed E-state index contributed by atoms with van der Waals surface area (Å²) < 4.78 is 0. The van der Waals surface area contributed by atoms with E-state index in [1.54, 1.807) is 13.8 Å². The van der Waals surface area contributed by atoms with E-state index in [9.17, 15) is 5.11 Å². The van der Waals surface area contributed by atoms with Crippen LogP contribution in [0.3, 0.4) is 0 Å². The maximum Gasteiger partial charge on any atom is 0.142 e. The Morgan fingerprint density at radius 2 is 1.84 bits per heavy atom. The van der Waals surface area contributed by atoms with Gasteiger partial charge in [-0.05, 0) is 25.3 Å². The number of nitrogens with zero attached hydrogens (tertiary/aromatic N) is 1. The molecule has 2 rings (SSSR count). The predicted octanol–water partition coefficient (Wildman–Crippen LogP) is -2.53. The second-order valence-electron chi connectivity index (χ2n) is 5.58. The number of aromatic nitrogens is 1. The molecule has 0 saturated carbocycles. The molecule has 7 heteroatoms. The lowest BCUT2D eigenvalue weighted by molar-refractivity contribution is 0.0751. The van der Waals surface area contributed by atoms with Crippen molar-refractivity contribution in [3.63, 3.8) is 0 Å². The summed E-state index contributed by atoms with van der Waals surface area (Å²) in [5.74, 6) is 0. The van der Waals surface area contributed by atoms with Crippen molar-refractivity contribution in [1.82, 2.24) is 4.98 Å². The van der Waals surface area contributed by atoms with Crippen molar-refractivity contribution in [2.24, 2.45) is 0 Å². The minimum Gasteiger partial charge on any atom is -0.398 e. The molecule has 19 heavy (non-hydrogen) atoms. The van der Waals surface area contributed by atoms with Gasteiger partial charge in [-0.3, -0.25) is 0 Å². The van der Waals surface area contributed by atoms with Crippen LogP contribution in [-0.2, 0) is 5.60 Å². The molecule has 0 fully saturated rings. The van der Waals surface area contributed by atoms with E-state index in [-0.39, 0.29) is 0 Å². The highest BCUT2D eigenvalue weighted by molar-refractivity contribution is 6.57. The quantitative estimate of drug-likeness (QED) is 0.563. The molecule has 0 bridgehead atoms. The Labute approximate surface area is 120 Å². The lowest BCUT2D eigenvalue weighted by atomic mass is 9.77. The molecule has 0 aliphatic heterocycles. The Morgan fingerprint density at radius 1 is 1.26 bits per heavy atom. The summed E-state index contributed by atoms with van der Waals surface area (Å²) in [6.45, 7) is 3.38. The topological polar surface area (TPSA) is 59.1 Å². The Bertz CT molecular complexity index is 683. The van der Waals surface area contributed by atoms with Crippen LogP contribution < -0.4 is 22.1 Å². The number of pyridine rings is 1. The Morgan fingerprint density at radius 3 is 2.37 bits per heavy atom. The molecular weight excluding hydrogens is 256 g/mol. The van der Waals surface area contributed by atoms with Gasteiger partial charge in [0.1, 0.15) is 29.1 Å². The van der Waals surface area contributed by atoms with Gasteiger partial charge >= 0.3 is 0 Å². The molecule has 0 spiro atoms. The zero-order valence-corrected chi connectivity index (χ0v) is 12.7. The molecular formula is C12H16B3ClN2O. The number of nitrogens with two attached hydrogens (primary N) is 1. The van der Waals surface area contributed by atoms with Crippen molar-refractivity contribution in [3.8, 4) is 0 Å². The van der Waals surface area contributed by atoms with E-state index in [1.165, 1.54) is 0 Å². The second kappa shape index (κ2) is 4.46. The van der Waals surface area contributed by atoms with E-state index in [0.29, 0.717) is 16.4 Å². The minimum absolute atomic E-state index is 0.516.